The van der Waals surface area contributed by atoms with E-state index in [9.17, 15) is 0 Å². The zero-order chi connectivity index (χ0) is 13.4. The average Bonchev–Trinajstić information content (AvgIpc) is 2.42. The summed E-state index contributed by atoms with van der Waals surface area (Å²) in [5.41, 5.74) is 6.01. The fourth-order valence-corrected chi connectivity index (χ4v) is 3.13. The minimum atomic E-state index is 0.00678. The predicted octanol–water partition coefficient (Wildman–Crippen LogP) is 4.13. The molecule has 0 amide bonds. The molecule has 0 heterocycles. The molecule has 2 nitrogen and oxygen atoms in total. The molecule has 0 saturated heterocycles. The van der Waals surface area contributed by atoms with Gasteiger partial charge in [-0.1, -0.05) is 46.5 Å². The van der Waals surface area contributed by atoms with E-state index in [4.69, 9.17) is 10.5 Å². The lowest BCUT2D eigenvalue weighted by Gasteiger charge is -2.40. The minimum absolute atomic E-state index is 0.00678. The molecule has 0 aromatic heterocycles. The molecule has 0 aromatic rings. The molecule has 0 aliphatic heterocycles. The van der Waals surface area contributed by atoms with Gasteiger partial charge in [-0.15, -0.1) is 0 Å². The summed E-state index contributed by atoms with van der Waals surface area (Å²) < 4.78 is 6.27. The zero-order valence-corrected chi connectivity index (χ0v) is 12.7. The van der Waals surface area contributed by atoms with Crippen LogP contribution >= 0.6 is 0 Å². The van der Waals surface area contributed by atoms with Crippen LogP contribution in [0.4, 0.5) is 0 Å². The highest BCUT2D eigenvalue weighted by Crippen LogP contribution is 2.36. The molecule has 18 heavy (non-hydrogen) atoms. The van der Waals surface area contributed by atoms with Gasteiger partial charge in [0, 0.05) is 6.54 Å². The van der Waals surface area contributed by atoms with E-state index in [1.165, 1.54) is 51.4 Å². The van der Waals surface area contributed by atoms with Crippen LogP contribution in [-0.4, -0.2) is 18.8 Å². The number of ether oxygens (including phenoxy) is 1. The van der Waals surface area contributed by atoms with Gasteiger partial charge in [0.15, 0.2) is 0 Å². The summed E-state index contributed by atoms with van der Waals surface area (Å²) in [6, 6.07) is 0. The van der Waals surface area contributed by atoms with Crippen LogP contribution in [0.5, 0.6) is 0 Å². The van der Waals surface area contributed by atoms with Crippen molar-refractivity contribution in [2.24, 2.45) is 17.6 Å². The van der Waals surface area contributed by atoms with Crippen LogP contribution in [0.3, 0.4) is 0 Å². The summed E-state index contributed by atoms with van der Waals surface area (Å²) in [7, 11) is 0. The van der Waals surface area contributed by atoms with Gasteiger partial charge in [-0.2, -0.15) is 0 Å². The fraction of sp³-hybridized carbons (Fsp3) is 1.00. The maximum absolute atomic E-state index is 6.27. The van der Waals surface area contributed by atoms with Crippen molar-refractivity contribution in [3.05, 3.63) is 0 Å². The van der Waals surface area contributed by atoms with E-state index < -0.39 is 0 Å². The van der Waals surface area contributed by atoms with Crippen LogP contribution in [0, 0.1) is 11.8 Å². The van der Waals surface area contributed by atoms with E-state index in [0.29, 0.717) is 12.5 Å². The molecule has 108 valence electrons. The molecule has 0 bridgehead atoms. The predicted molar refractivity (Wildman–Crippen MR) is 78.7 cm³/mol. The Bertz CT molecular complexity index is 205. The highest BCUT2D eigenvalue weighted by atomic mass is 16.5. The zero-order valence-electron chi connectivity index (χ0n) is 12.7. The van der Waals surface area contributed by atoms with Gasteiger partial charge < -0.3 is 10.5 Å². The van der Waals surface area contributed by atoms with Crippen LogP contribution in [-0.2, 0) is 4.74 Å². The summed E-state index contributed by atoms with van der Waals surface area (Å²) in [6.07, 6.45) is 10.1. The summed E-state index contributed by atoms with van der Waals surface area (Å²) >= 11 is 0. The van der Waals surface area contributed by atoms with Crippen LogP contribution in [0.15, 0.2) is 0 Å². The summed E-state index contributed by atoms with van der Waals surface area (Å²) in [6.45, 7) is 8.40. The average molecular weight is 255 g/mol. The summed E-state index contributed by atoms with van der Waals surface area (Å²) in [4.78, 5) is 0. The second-order valence-electron chi connectivity index (χ2n) is 6.11. The van der Waals surface area contributed by atoms with Crippen molar-refractivity contribution >= 4 is 0 Å². The Morgan fingerprint density at radius 2 is 1.78 bits per heavy atom. The quantitative estimate of drug-likeness (QED) is 0.708. The maximum Gasteiger partial charge on any atom is 0.0804 e. The molecule has 2 N–H and O–H groups in total. The monoisotopic (exact) mass is 255 g/mol. The molecule has 1 aliphatic rings. The van der Waals surface area contributed by atoms with E-state index in [1.807, 2.05) is 0 Å². The van der Waals surface area contributed by atoms with Gasteiger partial charge in [-0.05, 0) is 37.5 Å². The van der Waals surface area contributed by atoms with E-state index in [1.54, 1.807) is 0 Å². The van der Waals surface area contributed by atoms with Crippen molar-refractivity contribution in [3.8, 4) is 0 Å². The molecule has 0 atom stereocenters. The lowest BCUT2D eigenvalue weighted by Crippen LogP contribution is -2.45. The first-order valence-corrected chi connectivity index (χ1v) is 8.03. The van der Waals surface area contributed by atoms with Gasteiger partial charge >= 0.3 is 0 Å². The smallest absolute Gasteiger partial charge is 0.0804 e. The molecule has 2 heteroatoms. The Balaban J connectivity index is 2.40. The van der Waals surface area contributed by atoms with Gasteiger partial charge in [0.25, 0.3) is 0 Å². The van der Waals surface area contributed by atoms with Crippen LogP contribution in [0.2, 0.25) is 0 Å². The van der Waals surface area contributed by atoms with Crippen LogP contribution < -0.4 is 5.73 Å². The van der Waals surface area contributed by atoms with E-state index >= 15 is 0 Å². The molecule has 1 rings (SSSR count). The second-order valence-corrected chi connectivity index (χ2v) is 6.11. The van der Waals surface area contributed by atoms with E-state index in [2.05, 4.69) is 20.8 Å². The Morgan fingerprint density at radius 3 is 2.22 bits per heavy atom. The van der Waals surface area contributed by atoms with E-state index in [0.717, 1.165) is 12.5 Å². The third kappa shape index (κ3) is 4.55. The van der Waals surface area contributed by atoms with Gasteiger partial charge in [-0.3, -0.25) is 0 Å². The standard InChI is InChI=1S/C16H33NO/c1-4-7-15-8-10-16(13-17,11-9-15)18-12-14(5-2)6-3/h14-15H,4-13,17H2,1-3H3. The van der Waals surface area contributed by atoms with Gasteiger partial charge in [0.1, 0.15) is 0 Å². The van der Waals surface area contributed by atoms with Crippen molar-refractivity contribution in [3.63, 3.8) is 0 Å². The highest BCUT2D eigenvalue weighted by Gasteiger charge is 2.35. The van der Waals surface area contributed by atoms with E-state index in [-0.39, 0.29) is 5.60 Å². The van der Waals surface area contributed by atoms with Crippen LogP contribution in [0.1, 0.15) is 72.1 Å². The van der Waals surface area contributed by atoms with Gasteiger partial charge in [0.05, 0.1) is 12.2 Å². The second kappa shape index (κ2) is 8.16. The first kappa shape index (κ1) is 16.0. The summed E-state index contributed by atoms with van der Waals surface area (Å²) in [5, 5.41) is 0. The topological polar surface area (TPSA) is 35.2 Å². The largest absolute Gasteiger partial charge is 0.373 e. The Morgan fingerprint density at radius 1 is 1.17 bits per heavy atom. The third-order valence-corrected chi connectivity index (χ3v) is 4.87. The lowest BCUT2D eigenvalue weighted by atomic mass is 9.77. The van der Waals surface area contributed by atoms with Crippen LogP contribution in [0.25, 0.3) is 0 Å². The van der Waals surface area contributed by atoms with Crippen molar-refractivity contribution in [2.45, 2.75) is 77.7 Å². The third-order valence-electron chi connectivity index (χ3n) is 4.87. The van der Waals surface area contributed by atoms with Gasteiger partial charge in [0.2, 0.25) is 0 Å². The molecule has 1 saturated carbocycles. The minimum Gasteiger partial charge on any atom is -0.373 e. The number of hydrogen-bond acceptors (Lipinski definition) is 2. The fourth-order valence-electron chi connectivity index (χ4n) is 3.13. The van der Waals surface area contributed by atoms with Crippen molar-refractivity contribution < 1.29 is 4.74 Å². The molecule has 0 spiro atoms. The van der Waals surface area contributed by atoms with Crippen molar-refractivity contribution in [1.29, 1.82) is 0 Å². The first-order valence-electron chi connectivity index (χ1n) is 8.03. The first-order chi connectivity index (χ1) is 8.69. The van der Waals surface area contributed by atoms with Crippen molar-refractivity contribution in [2.75, 3.05) is 13.2 Å². The Kier molecular flexibility index (Phi) is 7.25. The number of rotatable bonds is 8. The molecular weight excluding hydrogens is 222 g/mol. The lowest BCUT2D eigenvalue weighted by molar-refractivity contribution is -0.0851. The normalized spacial score (nSPS) is 28.8. The molecular formula is C16H33NO. The van der Waals surface area contributed by atoms with Gasteiger partial charge in [-0.25, -0.2) is 0 Å². The highest BCUT2D eigenvalue weighted by molar-refractivity contribution is 4.88. The molecule has 0 radical (unpaired) electrons. The number of hydrogen-bond donors (Lipinski definition) is 1. The van der Waals surface area contributed by atoms with Crippen molar-refractivity contribution in [1.82, 2.24) is 0 Å². The SMILES string of the molecule is CCCC1CCC(CN)(OCC(CC)CC)CC1. The maximum atomic E-state index is 6.27. The number of nitrogens with two attached hydrogens (primary N) is 1. The Hall–Kier alpha value is -0.0800. The Labute approximate surface area is 114 Å². The molecule has 0 unspecified atom stereocenters. The molecule has 1 fully saturated rings. The molecule has 1 aliphatic carbocycles. The molecule has 0 aromatic carbocycles. The summed E-state index contributed by atoms with van der Waals surface area (Å²) in [5.74, 6) is 1.63.